The van der Waals surface area contributed by atoms with Crippen LogP contribution in [0.4, 0.5) is 0 Å². The van der Waals surface area contributed by atoms with Crippen LogP contribution in [0.25, 0.3) is 0 Å². The van der Waals surface area contributed by atoms with E-state index in [0.29, 0.717) is 6.79 Å². The molecule has 6 nitrogen and oxygen atoms in total. The van der Waals surface area contributed by atoms with Gasteiger partial charge in [0.1, 0.15) is 5.75 Å². The molecule has 2 aliphatic rings. The second kappa shape index (κ2) is 9.18. The lowest BCUT2D eigenvalue weighted by Gasteiger charge is -2.34. The van der Waals surface area contributed by atoms with Crippen LogP contribution in [0.2, 0.25) is 0 Å². The van der Waals surface area contributed by atoms with Crippen molar-refractivity contribution in [2.75, 3.05) is 39.6 Å². The zero-order valence-electron chi connectivity index (χ0n) is 16.9. The zero-order chi connectivity index (χ0) is 20.1. The predicted molar refractivity (Wildman–Crippen MR) is 111 cm³/mol. The number of fused-ring (bicyclic) bond motifs is 1. The summed E-state index contributed by atoms with van der Waals surface area (Å²) in [4.78, 5) is 17.1. The summed E-state index contributed by atoms with van der Waals surface area (Å²) in [7, 11) is 0. The first-order valence-electron chi connectivity index (χ1n) is 10.4. The lowest BCUT2D eigenvalue weighted by atomic mass is 10.1. The van der Waals surface area contributed by atoms with Crippen LogP contribution < -0.4 is 14.2 Å². The summed E-state index contributed by atoms with van der Waals surface area (Å²) in [5.74, 6) is 2.54. The fourth-order valence-electron chi connectivity index (χ4n) is 3.62. The van der Waals surface area contributed by atoms with Gasteiger partial charge < -0.3 is 19.1 Å². The fraction of sp³-hybridized carbons (Fsp3) is 0.435. The highest BCUT2D eigenvalue weighted by Crippen LogP contribution is 2.32. The number of benzene rings is 2. The molecule has 1 amide bonds. The zero-order valence-corrected chi connectivity index (χ0v) is 16.9. The minimum absolute atomic E-state index is 0.0906. The summed E-state index contributed by atoms with van der Waals surface area (Å²) in [6.07, 6.45) is 2.15. The van der Waals surface area contributed by atoms with E-state index in [2.05, 4.69) is 17.9 Å². The molecule has 4 rings (SSSR count). The molecule has 0 N–H and O–H groups in total. The van der Waals surface area contributed by atoms with E-state index in [-0.39, 0.29) is 5.91 Å². The minimum atomic E-state index is 0.0906. The van der Waals surface area contributed by atoms with Gasteiger partial charge in [-0.15, -0.1) is 0 Å². The molecule has 0 atom stereocenters. The van der Waals surface area contributed by atoms with Crippen molar-refractivity contribution in [2.45, 2.75) is 26.3 Å². The number of hydrogen-bond donors (Lipinski definition) is 0. The number of piperazine rings is 1. The second-order valence-corrected chi connectivity index (χ2v) is 7.48. The Balaban J connectivity index is 1.27. The average Bonchev–Trinajstić information content (AvgIpc) is 3.22. The number of unbranched alkanes of at least 4 members (excludes halogenated alkanes) is 1. The van der Waals surface area contributed by atoms with Crippen molar-refractivity contribution in [1.29, 1.82) is 0 Å². The molecular formula is C23H28N2O4. The van der Waals surface area contributed by atoms with Gasteiger partial charge in [0.25, 0.3) is 5.91 Å². The molecule has 0 radical (unpaired) electrons. The van der Waals surface area contributed by atoms with Crippen LogP contribution in [0.5, 0.6) is 17.2 Å². The third kappa shape index (κ3) is 4.82. The van der Waals surface area contributed by atoms with Gasteiger partial charge in [-0.3, -0.25) is 9.69 Å². The minimum Gasteiger partial charge on any atom is -0.494 e. The molecule has 0 unspecified atom stereocenters. The second-order valence-electron chi connectivity index (χ2n) is 7.48. The molecular weight excluding hydrogens is 368 g/mol. The van der Waals surface area contributed by atoms with Crippen molar-refractivity contribution < 1.29 is 19.0 Å². The number of carbonyl (C=O) groups excluding carboxylic acids is 1. The van der Waals surface area contributed by atoms with Crippen molar-refractivity contribution >= 4 is 5.91 Å². The lowest BCUT2D eigenvalue weighted by molar-refractivity contribution is 0.0628. The van der Waals surface area contributed by atoms with Gasteiger partial charge in [0, 0.05) is 38.3 Å². The Morgan fingerprint density at radius 3 is 2.52 bits per heavy atom. The van der Waals surface area contributed by atoms with Gasteiger partial charge in [0.2, 0.25) is 6.79 Å². The van der Waals surface area contributed by atoms with Crippen LogP contribution in [0.1, 0.15) is 35.7 Å². The number of ether oxygens (including phenoxy) is 3. The summed E-state index contributed by atoms with van der Waals surface area (Å²) in [6, 6.07) is 13.6. The molecule has 6 heteroatoms. The monoisotopic (exact) mass is 396 g/mol. The highest BCUT2D eigenvalue weighted by molar-refractivity contribution is 5.94. The van der Waals surface area contributed by atoms with Crippen LogP contribution in [0, 0.1) is 0 Å². The molecule has 0 bridgehead atoms. The summed E-state index contributed by atoms with van der Waals surface area (Å²) >= 11 is 0. The van der Waals surface area contributed by atoms with Crippen LogP contribution in [-0.4, -0.2) is 55.3 Å². The molecule has 0 aromatic heterocycles. The molecule has 0 saturated carbocycles. The summed E-state index contributed by atoms with van der Waals surface area (Å²) < 4.78 is 16.5. The molecule has 2 heterocycles. The maximum atomic E-state index is 12.8. The number of hydrogen-bond acceptors (Lipinski definition) is 5. The van der Waals surface area contributed by atoms with Gasteiger partial charge >= 0.3 is 0 Å². The van der Waals surface area contributed by atoms with Gasteiger partial charge in [-0.05, 0) is 48.4 Å². The quantitative estimate of drug-likeness (QED) is 0.670. The SMILES string of the molecule is CCCCOc1ccc(C(=O)N2CCN(Cc3ccc4c(c3)OCO4)CC2)cc1. The maximum Gasteiger partial charge on any atom is 0.253 e. The van der Waals surface area contributed by atoms with Gasteiger partial charge in [0.15, 0.2) is 11.5 Å². The third-order valence-corrected chi connectivity index (χ3v) is 5.37. The predicted octanol–water partition coefficient (Wildman–Crippen LogP) is 3.55. The molecule has 0 aliphatic carbocycles. The number of rotatable bonds is 7. The van der Waals surface area contributed by atoms with Crippen LogP contribution in [0.15, 0.2) is 42.5 Å². The maximum absolute atomic E-state index is 12.8. The van der Waals surface area contributed by atoms with E-state index in [1.165, 1.54) is 5.56 Å². The fourth-order valence-corrected chi connectivity index (χ4v) is 3.62. The lowest BCUT2D eigenvalue weighted by Crippen LogP contribution is -2.48. The van der Waals surface area contributed by atoms with Crippen molar-refractivity contribution in [2.24, 2.45) is 0 Å². The van der Waals surface area contributed by atoms with Crippen molar-refractivity contribution in [3.05, 3.63) is 53.6 Å². The smallest absolute Gasteiger partial charge is 0.253 e. The van der Waals surface area contributed by atoms with E-state index < -0.39 is 0 Å². The first-order chi connectivity index (χ1) is 14.2. The third-order valence-electron chi connectivity index (χ3n) is 5.37. The van der Waals surface area contributed by atoms with E-state index in [4.69, 9.17) is 14.2 Å². The molecule has 29 heavy (non-hydrogen) atoms. The van der Waals surface area contributed by atoms with Crippen molar-refractivity contribution in [1.82, 2.24) is 9.80 Å². The Morgan fingerprint density at radius 1 is 1.00 bits per heavy atom. The Labute approximate surface area is 172 Å². The molecule has 2 aromatic rings. The normalized spacial score (nSPS) is 16.1. The Hall–Kier alpha value is -2.73. The highest BCUT2D eigenvalue weighted by Gasteiger charge is 2.23. The standard InChI is InChI=1S/C23H28N2O4/c1-2-3-14-27-20-7-5-19(6-8-20)23(26)25-12-10-24(11-13-25)16-18-4-9-21-22(15-18)29-17-28-21/h4-9,15H,2-3,10-14,16-17H2,1H3. The van der Waals surface area contributed by atoms with Crippen molar-refractivity contribution in [3.8, 4) is 17.2 Å². The first-order valence-corrected chi connectivity index (χ1v) is 10.4. The molecule has 0 spiro atoms. The Kier molecular flexibility index (Phi) is 6.20. The molecule has 1 fully saturated rings. The van der Waals surface area contributed by atoms with E-state index in [0.717, 1.165) is 75.0 Å². The summed E-state index contributed by atoms with van der Waals surface area (Å²) in [5.41, 5.74) is 1.92. The molecule has 2 aliphatic heterocycles. The Bertz CT molecular complexity index is 829. The van der Waals surface area contributed by atoms with Gasteiger partial charge in [-0.2, -0.15) is 0 Å². The largest absolute Gasteiger partial charge is 0.494 e. The molecule has 154 valence electrons. The van der Waals surface area contributed by atoms with E-state index >= 15 is 0 Å². The number of nitrogens with zero attached hydrogens (tertiary/aromatic N) is 2. The number of amides is 1. The highest BCUT2D eigenvalue weighted by atomic mass is 16.7. The molecule has 2 aromatic carbocycles. The average molecular weight is 396 g/mol. The summed E-state index contributed by atoms with van der Waals surface area (Å²) in [5, 5.41) is 0. The number of carbonyl (C=O) groups is 1. The topological polar surface area (TPSA) is 51.2 Å². The molecule has 1 saturated heterocycles. The summed E-state index contributed by atoms with van der Waals surface area (Å²) in [6.45, 7) is 7.19. The van der Waals surface area contributed by atoms with Gasteiger partial charge in [0.05, 0.1) is 6.61 Å². The first kappa shape index (κ1) is 19.6. The van der Waals surface area contributed by atoms with E-state index in [1.807, 2.05) is 41.3 Å². The van der Waals surface area contributed by atoms with Crippen molar-refractivity contribution in [3.63, 3.8) is 0 Å². The van der Waals surface area contributed by atoms with Gasteiger partial charge in [-0.1, -0.05) is 19.4 Å². The van der Waals surface area contributed by atoms with E-state index in [1.54, 1.807) is 0 Å². The van der Waals surface area contributed by atoms with Gasteiger partial charge in [-0.25, -0.2) is 0 Å². The Morgan fingerprint density at radius 2 is 1.76 bits per heavy atom. The van der Waals surface area contributed by atoms with Crippen LogP contribution >= 0.6 is 0 Å². The van der Waals surface area contributed by atoms with E-state index in [9.17, 15) is 4.79 Å². The van der Waals surface area contributed by atoms with Crippen LogP contribution in [0.3, 0.4) is 0 Å². The van der Waals surface area contributed by atoms with Crippen LogP contribution in [-0.2, 0) is 6.54 Å².